The molecule has 1 heteroatoms. The first-order valence-electron chi connectivity index (χ1n) is 7.04. The largest absolute Gasteiger partial charge is 0.144 e. The Hall–Kier alpha value is -2.38. The third-order valence-electron chi connectivity index (χ3n) is 3.77. The van der Waals surface area contributed by atoms with Crippen LogP contribution in [0, 0.1) is 0 Å². The minimum Gasteiger partial charge on any atom is -0.144 e. The molecule has 0 saturated carbocycles. The topological polar surface area (TPSA) is 0 Å². The Morgan fingerprint density at radius 3 is 2.24 bits per heavy atom. The SMILES string of the molecule is C(=C/c1cc2ccccc2c2ccccc12)/c1cccs1. The third-order valence-corrected chi connectivity index (χ3v) is 4.61. The summed E-state index contributed by atoms with van der Waals surface area (Å²) in [6.45, 7) is 0. The van der Waals surface area contributed by atoms with E-state index in [2.05, 4.69) is 84.3 Å². The van der Waals surface area contributed by atoms with E-state index in [9.17, 15) is 0 Å². The van der Waals surface area contributed by atoms with Crippen molar-refractivity contribution in [2.24, 2.45) is 0 Å². The van der Waals surface area contributed by atoms with E-state index in [-0.39, 0.29) is 0 Å². The molecule has 0 saturated heterocycles. The fourth-order valence-corrected chi connectivity index (χ4v) is 3.40. The predicted molar refractivity (Wildman–Crippen MR) is 94.7 cm³/mol. The standard InChI is InChI=1S/C20H14S/c1-2-8-18-15(6-1)14-16(11-12-17-7-5-13-21-17)19-9-3-4-10-20(18)19/h1-14H/b12-11-. The second-order valence-corrected chi connectivity index (χ2v) is 6.06. The van der Waals surface area contributed by atoms with Gasteiger partial charge >= 0.3 is 0 Å². The van der Waals surface area contributed by atoms with Crippen LogP contribution in [-0.2, 0) is 0 Å². The molecule has 0 spiro atoms. The highest BCUT2D eigenvalue weighted by molar-refractivity contribution is 7.10. The zero-order valence-corrected chi connectivity index (χ0v) is 12.3. The van der Waals surface area contributed by atoms with Crippen LogP contribution in [0.5, 0.6) is 0 Å². The molecule has 0 amide bonds. The Morgan fingerprint density at radius 1 is 0.667 bits per heavy atom. The quantitative estimate of drug-likeness (QED) is 0.383. The highest BCUT2D eigenvalue weighted by atomic mass is 32.1. The summed E-state index contributed by atoms with van der Waals surface area (Å²) < 4.78 is 0. The smallest absolute Gasteiger partial charge is 0.0270 e. The fraction of sp³-hybridized carbons (Fsp3) is 0. The second kappa shape index (κ2) is 5.19. The van der Waals surface area contributed by atoms with Gasteiger partial charge in [-0.1, -0.05) is 60.7 Å². The monoisotopic (exact) mass is 286 g/mol. The van der Waals surface area contributed by atoms with Crippen molar-refractivity contribution in [1.82, 2.24) is 0 Å². The van der Waals surface area contributed by atoms with Crippen LogP contribution in [0.1, 0.15) is 10.4 Å². The zero-order valence-electron chi connectivity index (χ0n) is 11.5. The molecule has 100 valence electrons. The molecule has 4 rings (SSSR count). The van der Waals surface area contributed by atoms with E-state index in [0.29, 0.717) is 0 Å². The second-order valence-electron chi connectivity index (χ2n) is 5.08. The lowest BCUT2D eigenvalue weighted by atomic mass is 9.97. The van der Waals surface area contributed by atoms with Gasteiger partial charge in [-0.25, -0.2) is 0 Å². The molecule has 0 nitrogen and oxygen atoms in total. The van der Waals surface area contributed by atoms with Crippen LogP contribution in [0.25, 0.3) is 33.7 Å². The molecule has 0 atom stereocenters. The molecule has 0 radical (unpaired) electrons. The molecule has 4 aromatic rings. The van der Waals surface area contributed by atoms with Gasteiger partial charge in [0.25, 0.3) is 0 Å². The highest BCUT2D eigenvalue weighted by Gasteiger charge is 2.03. The fourth-order valence-electron chi connectivity index (χ4n) is 2.78. The lowest BCUT2D eigenvalue weighted by molar-refractivity contribution is 1.74. The Bertz CT molecular complexity index is 931. The molecule has 1 aromatic heterocycles. The average Bonchev–Trinajstić information content (AvgIpc) is 3.06. The van der Waals surface area contributed by atoms with Crippen LogP contribution in [0.4, 0.5) is 0 Å². The zero-order chi connectivity index (χ0) is 14.1. The van der Waals surface area contributed by atoms with Crippen molar-refractivity contribution >= 4 is 45.0 Å². The molecule has 3 aromatic carbocycles. The molecule has 0 unspecified atom stereocenters. The van der Waals surface area contributed by atoms with Crippen LogP contribution in [0.3, 0.4) is 0 Å². The van der Waals surface area contributed by atoms with E-state index < -0.39 is 0 Å². The van der Waals surface area contributed by atoms with Gasteiger partial charge in [-0.2, -0.15) is 0 Å². The van der Waals surface area contributed by atoms with Crippen molar-refractivity contribution in [2.75, 3.05) is 0 Å². The summed E-state index contributed by atoms with van der Waals surface area (Å²) in [5, 5.41) is 7.35. The van der Waals surface area contributed by atoms with Gasteiger partial charge in [0.2, 0.25) is 0 Å². The van der Waals surface area contributed by atoms with Gasteiger partial charge in [0.05, 0.1) is 0 Å². The van der Waals surface area contributed by atoms with Crippen molar-refractivity contribution in [1.29, 1.82) is 0 Å². The number of rotatable bonds is 2. The molecule has 0 aliphatic heterocycles. The van der Waals surface area contributed by atoms with Crippen LogP contribution in [0.2, 0.25) is 0 Å². The van der Waals surface area contributed by atoms with Crippen LogP contribution >= 0.6 is 11.3 Å². The van der Waals surface area contributed by atoms with Gasteiger partial charge in [0.15, 0.2) is 0 Å². The normalized spacial score (nSPS) is 11.6. The lowest BCUT2D eigenvalue weighted by Crippen LogP contribution is -1.82. The number of hydrogen-bond acceptors (Lipinski definition) is 1. The minimum absolute atomic E-state index is 1.28. The minimum atomic E-state index is 1.28. The molecular weight excluding hydrogens is 272 g/mol. The summed E-state index contributed by atoms with van der Waals surface area (Å²) in [7, 11) is 0. The van der Waals surface area contributed by atoms with Crippen LogP contribution < -0.4 is 0 Å². The number of benzene rings is 3. The van der Waals surface area contributed by atoms with Gasteiger partial charge in [-0.15, -0.1) is 11.3 Å². The molecule has 1 heterocycles. The predicted octanol–water partition coefficient (Wildman–Crippen LogP) is 6.22. The maximum absolute atomic E-state index is 2.28. The van der Waals surface area contributed by atoms with Crippen molar-refractivity contribution in [3.05, 3.63) is 82.6 Å². The number of hydrogen-bond donors (Lipinski definition) is 0. The van der Waals surface area contributed by atoms with Crippen molar-refractivity contribution in [2.45, 2.75) is 0 Å². The highest BCUT2D eigenvalue weighted by Crippen LogP contribution is 2.29. The first kappa shape index (κ1) is 12.4. The lowest BCUT2D eigenvalue weighted by Gasteiger charge is -2.07. The van der Waals surface area contributed by atoms with Gasteiger partial charge in [-0.05, 0) is 50.7 Å². The third kappa shape index (κ3) is 2.26. The summed E-state index contributed by atoms with van der Waals surface area (Å²) in [4.78, 5) is 1.28. The molecular formula is C20H14S. The van der Waals surface area contributed by atoms with E-state index in [0.717, 1.165) is 0 Å². The van der Waals surface area contributed by atoms with Gasteiger partial charge in [-0.3, -0.25) is 0 Å². The first-order chi connectivity index (χ1) is 10.4. The van der Waals surface area contributed by atoms with E-state index in [1.165, 1.54) is 32.0 Å². The Balaban J connectivity index is 1.98. The molecule has 0 fully saturated rings. The number of thiophene rings is 1. The molecule has 0 bridgehead atoms. The summed E-state index contributed by atoms with van der Waals surface area (Å²) in [6.07, 6.45) is 4.42. The Kier molecular flexibility index (Phi) is 3.06. The van der Waals surface area contributed by atoms with E-state index in [1.807, 2.05) is 0 Å². The number of fused-ring (bicyclic) bond motifs is 3. The van der Waals surface area contributed by atoms with Crippen molar-refractivity contribution in [3.8, 4) is 0 Å². The van der Waals surface area contributed by atoms with E-state index in [4.69, 9.17) is 0 Å². The Labute approximate surface area is 128 Å². The molecule has 0 N–H and O–H groups in total. The molecule has 0 aliphatic rings. The molecule has 21 heavy (non-hydrogen) atoms. The average molecular weight is 286 g/mol. The maximum atomic E-state index is 2.28. The van der Waals surface area contributed by atoms with E-state index in [1.54, 1.807) is 11.3 Å². The van der Waals surface area contributed by atoms with E-state index >= 15 is 0 Å². The first-order valence-corrected chi connectivity index (χ1v) is 7.92. The Morgan fingerprint density at radius 2 is 1.43 bits per heavy atom. The van der Waals surface area contributed by atoms with Crippen LogP contribution in [-0.4, -0.2) is 0 Å². The van der Waals surface area contributed by atoms with Gasteiger partial charge < -0.3 is 0 Å². The summed E-state index contributed by atoms with van der Waals surface area (Å²) in [5.41, 5.74) is 1.28. The maximum Gasteiger partial charge on any atom is 0.0270 e. The van der Waals surface area contributed by atoms with Crippen molar-refractivity contribution < 1.29 is 0 Å². The van der Waals surface area contributed by atoms with Crippen LogP contribution in [0.15, 0.2) is 72.1 Å². The summed E-state index contributed by atoms with van der Waals surface area (Å²) in [5.74, 6) is 0. The van der Waals surface area contributed by atoms with Gasteiger partial charge in [0.1, 0.15) is 0 Å². The van der Waals surface area contributed by atoms with Gasteiger partial charge in [0, 0.05) is 4.88 Å². The summed E-state index contributed by atoms with van der Waals surface area (Å²) >= 11 is 1.76. The summed E-state index contributed by atoms with van der Waals surface area (Å²) in [6, 6.07) is 23.7. The van der Waals surface area contributed by atoms with Crippen molar-refractivity contribution in [3.63, 3.8) is 0 Å². The molecule has 0 aliphatic carbocycles.